The van der Waals surface area contributed by atoms with Crippen molar-refractivity contribution in [2.45, 2.75) is 18.9 Å². The number of pyridine rings is 1. The third kappa shape index (κ3) is 3.17. The van der Waals surface area contributed by atoms with Crippen LogP contribution < -0.4 is 10.1 Å². The molecule has 1 fully saturated rings. The van der Waals surface area contributed by atoms with Crippen LogP contribution in [0.4, 0.5) is 0 Å². The lowest BCUT2D eigenvalue weighted by Crippen LogP contribution is -2.14. The lowest BCUT2D eigenvalue weighted by Gasteiger charge is -2.13. The van der Waals surface area contributed by atoms with Crippen LogP contribution in [0.1, 0.15) is 24.6 Å². The van der Waals surface area contributed by atoms with Gasteiger partial charge in [-0.2, -0.15) is 5.10 Å². The van der Waals surface area contributed by atoms with Crippen LogP contribution in [0.5, 0.6) is 11.5 Å². The highest BCUT2D eigenvalue weighted by Gasteiger charge is 2.20. The van der Waals surface area contributed by atoms with Crippen molar-refractivity contribution in [1.82, 2.24) is 20.5 Å². The van der Waals surface area contributed by atoms with Crippen molar-refractivity contribution in [3.05, 3.63) is 72.6 Å². The third-order valence-corrected chi connectivity index (χ3v) is 4.97. The fourth-order valence-electron chi connectivity index (χ4n) is 3.60. The Morgan fingerprint density at radius 3 is 2.56 bits per heavy atom. The smallest absolute Gasteiger partial charge is 0.127 e. The molecule has 134 valence electrons. The summed E-state index contributed by atoms with van der Waals surface area (Å²) in [6.45, 7) is 1.05. The number of H-pyrrole nitrogens is 1. The number of rotatable bonds is 4. The second-order valence-electron chi connectivity index (χ2n) is 6.82. The summed E-state index contributed by atoms with van der Waals surface area (Å²) in [6, 6.07) is 20.3. The van der Waals surface area contributed by atoms with Gasteiger partial charge in [-0.15, -0.1) is 0 Å². The van der Waals surface area contributed by atoms with Crippen molar-refractivity contribution >= 4 is 10.9 Å². The number of hydrogen-bond acceptors (Lipinski definition) is 4. The van der Waals surface area contributed by atoms with Crippen LogP contribution in [0.2, 0.25) is 0 Å². The molecule has 2 aromatic carbocycles. The van der Waals surface area contributed by atoms with Crippen LogP contribution >= 0.6 is 0 Å². The van der Waals surface area contributed by atoms with E-state index in [0.29, 0.717) is 6.04 Å². The van der Waals surface area contributed by atoms with Gasteiger partial charge in [0.1, 0.15) is 11.5 Å². The standard InChI is InChI=1S/C22H20N4O/c1-2-5-17(6-3-1)27-18-10-8-15(9-11-18)21-22-16(14-24-26-22)13-20(25-21)19-7-4-12-23-19/h1-3,5-6,8-11,13-14,19,23H,4,7,12H2,(H,24,26). The first kappa shape index (κ1) is 16.0. The molecule has 0 saturated carbocycles. The Labute approximate surface area is 157 Å². The third-order valence-electron chi connectivity index (χ3n) is 4.97. The molecule has 2 N–H and O–H groups in total. The molecular formula is C22H20N4O. The zero-order chi connectivity index (χ0) is 18.1. The number of aromatic nitrogens is 3. The summed E-state index contributed by atoms with van der Waals surface area (Å²) in [4.78, 5) is 4.96. The summed E-state index contributed by atoms with van der Waals surface area (Å²) in [5.74, 6) is 1.63. The first-order valence-corrected chi connectivity index (χ1v) is 9.27. The number of ether oxygens (including phenoxy) is 1. The van der Waals surface area contributed by atoms with Gasteiger partial charge in [-0.3, -0.25) is 5.10 Å². The van der Waals surface area contributed by atoms with Gasteiger partial charge in [-0.25, -0.2) is 4.98 Å². The first-order valence-electron chi connectivity index (χ1n) is 9.27. The number of nitrogens with zero attached hydrogens (tertiary/aromatic N) is 2. The maximum Gasteiger partial charge on any atom is 0.127 e. The average molecular weight is 356 g/mol. The van der Waals surface area contributed by atoms with Crippen molar-refractivity contribution in [3.63, 3.8) is 0 Å². The molecule has 1 atom stereocenters. The number of para-hydroxylation sites is 1. The topological polar surface area (TPSA) is 62.8 Å². The van der Waals surface area contributed by atoms with Crippen molar-refractivity contribution in [2.75, 3.05) is 6.54 Å². The molecule has 1 saturated heterocycles. The van der Waals surface area contributed by atoms with Gasteiger partial charge in [0.15, 0.2) is 0 Å². The molecule has 0 spiro atoms. The van der Waals surface area contributed by atoms with E-state index in [0.717, 1.165) is 52.3 Å². The second kappa shape index (κ2) is 6.85. The van der Waals surface area contributed by atoms with Crippen LogP contribution in [0.25, 0.3) is 22.2 Å². The summed E-state index contributed by atoms with van der Waals surface area (Å²) in [5.41, 5.74) is 4.03. The summed E-state index contributed by atoms with van der Waals surface area (Å²) >= 11 is 0. The molecule has 2 aromatic heterocycles. The minimum atomic E-state index is 0.323. The Balaban J connectivity index is 1.50. The summed E-state index contributed by atoms with van der Waals surface area (Å²) in [5, 5.41) is 11.9. The van der Waals surface area contributed by atoms with E-state index >= 15 is 0 Å². The zero-order valence-corrected chi connectivity index (χ0v) is 14.9. The highest BCUT2D eigenvalue weighted by atomic mass is 16.5. The SMILES string of the molecule is c1ccc(Oc2ccc(-c3nc(C4CCCN4)cc4cn[nH]c34)cc2)cc1. The van der Waals surface area contributed by atoms with Crippen LogP contribution in [0.15, 0.2) is 66.9 Å². The predicted octanol–water partition coefficient (Wildman–Crippen LogP) is 4.84. The second-order valence-corrected chi connectivity index (χ2v) is 6.82. The first-order chi connectivity index (χ1) is 13.4. The molecule has 3 heterocycles. The normalized spacial score (nSPS) is 16.7. The molecule has 0 aliphatic carbocycles. The van der Waals surface area contributed by atoms with Gasteiger partial charge in [0.2, 0.25) is 0 Å². The van der Waals surface area contributed by atoms with Gasteiger partial charge in [0, 0.05) is 17.0 Å². The van der Waals surface area contributed by atoms with E-state index in [1.807, 2.05) is 60.8 Å². The zero-order valence-electron chi connectivity index (χ0n) is 14.9. The summed E-state index contributed by atoms with van der Waals surface area (Å²) in [7, 11) is 0. The van der Waals surface area contributed by atoms with Gasteiger partial charge in [-0.1, -0.05) is 18.2 Å². The van der Waals surface area contributed by atoms with Crippen LogP contribution in [-0.4, -0.2) is 21.7 Å². The number of fused-ring (bicyclic) bond motifs is 1. The van der Waals surface area contributed by atoms with E-state index in [4.69, 9.17) is 9.72 Å². The number of benzene rings is 2. The van der Waals surface area contributed by atoms with E-state index < -0.39 is 0 Å². The fraction of sp³-hybridized carbons (Fsp3) is 0.182. The van der Waals surface area contributed by atoms with Gasteiger partial charge in [0.05, 0.1) is 23.1 Å². The maximum atomic E-state index is 5.90. The van der Waals surface area contributed by atoms with Crippen LogP contribution in [0, 0.1) is 0 Å². The molecule has 1 aliphatic heterocycles. The Bertz CT molecular complexity index is 1050. The molecule has 0 bridgehead atoms. The summed E-state index contributed by atoms with van der Waals surface area (Å²) in [6.07, 6.45) is 4.18. The molecule has 4 aromatic rings. The van der Waals surface area contributed by atoms with Crippen molar-refractivity contribution in [1.29, 1.82) is 0 Å². The minimum Gasteiger partial charge on any atom is -0.457 e. The Kier molecular flexibility index (Phi) is 4.07. The van der Waals surface area contributed by atoms with E-state index in [1.165, 1.54) is 6.42 Å². The van der Waals surface area contributed by atoms with Crippen molar-refractivity contribution in [3.8, 4) is 22.8 Å². The molecule has 0 amide bonds. The Hall–Kier alpha value is -3.18. The van der Waals surface area contributed by atoms with E-state index in [2.05, 4.69) is 21.6 Å². The molecule has 5 nitrogen and oxygen atoms in total. The molecule has 1 aliphatic rings. The van der Waals surface area contributed by atoms with E-state index in [-0.39, 0.29) is 0 Å². The minimum absolute atomic E-state index is 0.323. The predicted molar refractivity (Wildman–Crippen MR) is 106 cm³/mol. The Morgan fingerprint density at radius 2 is 1.78 bits per heavy atom. The van der Waals surface area contributed by atoms with Gasteiger partial charge < -0.3 is 10.1 Å². The highest BCUT2D eigenvalue weighted by molar-refractivity contribution is 5.91. The van der Waals surface area contributed by atoms with E-state index in [9.17, 15) is 0 Å². The molecular weight excluding hydrogens is 336 g/mol. The van der Waals surface area contributed by atoms with Crippen molar-refractivity contribution < 1.29 is 4.74 Å². The lowest BCUT2D eigenvalue weighted by molar-refractivity contribution is 0.483. The van der Waals surface area contributed by atoms with Gasteiger partial charge >= 0.3 is 0 Å². The van der Waals surface area contributed by atoms with Gasteiger partial charge in [-0.05, 0) is 61.9 Å². The maximum absolute atomic E-state index is 5.90. The van der Waals surface area contributed by atoms with Crippen LogP contribution in [0.3, 0.4) is 0 Å². The van der Waals surface area contributed by atoms with Gasteiger partial charge in [0.25, 0.3) is 0 Å². The number of aromatic amines is 1. The fourth-order valence-corrected chi connectivity index (χ4v) is 3.60. The lowest BCUT2D eigenvalue weighted by atomic mass is 10.1. The molecule has 5 rings (SSSR count). The molecule has 1 unspecified atom stereocenters. The van der Waals surface area contributed by atoms with Crippen molar-refractivity contribution in [2.24, 2.45) is 0 Å². The Morgan fingerprint density at radius 1 is 0.963 bits per heavy atom. The number of nitrogens with one attached hydrogen (secondary N) is 2. The largest absolute Gasteiger partial charge is 0.457 e. The quantitative estimate of drug-likeness (QED) is 0.549. The molecule has 27 heavy (non-hydrogen) atoms. The van der Waals surface area contributed by atoms with Crippen LogP contribution in [-0.2, 0) is 0 Å². The number of hydrogen-bond donors (Lipinski definition) is 2. The molecule has 5 heteroatoms. The summed E-state index contributed by atoms with van der Waals surface area (Å²) < 4.78 is 5.90. The molecule has 0 radical (unpaired) electrons. The monoisotopic (exact) mass is 356 g/mol. The average Bonchev–Trinajstić information content (AvgIpc) is 3.40. The van der Waals surface area contributed by atoms with E-state index in [1.54, 1.807) is 0 Å². The highest BCUT2D eigenvalue weighted by Crippen LogP contribution is 2.32.